The Morgan fingerprint density at radius 1 is 1.47 bits per heavy atom. The SMILES string of the molecule is O=C(O)C(CCSCCCO)NC1CC1. The van der Waals surface area contributed by atoms with Crippen molar-refractivity contribution in [2.75, 3.05) is 18.1 Å². The predicted octanol–water partition coefficient (Wildman–Crippen LogP) is 0.697. The molecule has 0 saturated heterocycles. The fourth-order valence-electron chi connectivity index (χ4n) is 1.28. The van der Waals surface area contributed by atoms with Gasteiger partial charge in [-0.3, -0.25) is 4.79 Å². The first-order valence-corrected chi connectivity index (χ1v) is 6.57. The quantitative estimate of drug-likeness (QED) is 0.511. The Hall–Kier alpha value is -0.260. The summed E-state index contributed by atoms with van der Waals surface area (Å²) in [6.45, 7) is 0.218. The van der Waals surface area contributed by atoms with E-state index in [-0.39, 0.29) is 12.6 Å². The lowest BCUT2D eigenvalue weighted by molar-refractivity contribution is -0.139. The largest absolute Gasteiger partial charge is 0.480 e. The molecule has 0 aromatic heterocycles. The molecule has 3 N–H and O–H groups in total. The van der Waals surface area contributed by atoms with E-state index in [1.807, 2.05) is 0 Å². The molecule has 1 saturated carbocycles. The molecule has 88 valence electrons. The first kappa shape index (κ1) is 12.8. The summed E-state index contributed by atoms with van der Waals surface area (Å²) in [5.41, 5.74) is 0. The van der Waals surface area contributed by atoms with E-state index in [2.05, 4.69) is 5.32 Å². The Morgan fingerprint density at radius 3 is 2.73 bits per heavy atom. The molecule has 15 heavy (non-hydrogen) atoms. The van der Waals surface area contributed by atoms with E-state index >= 15 is 0 Å². The topological polar surface area (TPSA) is 69.6 Å². The van der Waals surface area contributed by atoms with Gasteiger partial charge in [-0.05, 0) is 37.2 Å². The zero-order valence-corrected chi connectivity index (χ0v) is 9.63. The van der Waals surface area contributed by atoms with Crippen molar-refractivity contribution in [3.8, 4) is 0 Å². The summed E-state index contributed by atoms with van der Waals surface area (Å²) >= 11 is 1.71. The average molecular weight is 233 g/mol. The number of carboxylic acid groups (broad SMARTS) is 1. The van der Waals surface area contributed by atoms with Gasteiger partial charge in [0.2, 0.25) is 0 Å². The van der Waals surface area contributed by atoms with Crippen LogP contribution in [-0.2, 0) is 4.79 Å². The van der Waals surface area contributed by atoms with Gasteiger partial charge in [0.15, 0.2) is 0 Å². The van der Waals surface area contributed by atoms with Crippen LogP contribution in [0.4, 0.5) is 0 Å². The second-order valence-corrected chi connectivity index (χ2v) is 5.03. The molecule has 1 rings (SSSR count). The number of carboxylic acids is 1. The Labute approximate surface area is 94.4 Å². The molecule has 1 unspecified atom stereocenters. The van der Waals surface area contributed by atoms with Crippen LogP contribution in [0.3, 0.4) is 0 Å². The van der Waals surface area contributed by atoms with Gasteiger partial charge in [-0.15, -0.1) is 0 Å². The molecule has 0 bridgehead atoms. The summed E-state index contributed by atoms with van der Waals surface area (Å²) in [6.07, 6.45) is 3.68. The number of aliphatic hydroxyl groups is 1. The minimum Gasteiger partial charge on any atom is -0.480 e. The first-order chi connectivity index (χ1) is 7.24. The molecule has 0 spiro atoms. The summed E-state index contributed by atoms with van der Waals surface area (Å²) in [7, 11) is 0. The van der Waals surface area contributed by atoms with Crippen molar-refractivity contribution in [2.24, 2.45) is 0 Å². The second kappa shape index (κ2) is 7.09. The predicted molar refractivity (Wildman–Crippen MR) is 61.2 cm³/mol. The Morgan fingerprint density at radius 2 is 2.20 bits per heavy atom. The third kappa shape index (κ3) is 6.02. The zero-order valence-electron chi connectivity index (χ0n) is 8.82. The minimum atomic E-state index is -0.746. The van der Waals surface area contributed by atoms with Gasteiger partial charge in [0, 0.05) is 12.6 Å². The van der Waals surface area contributed by atoms with Crippen molar-refractivity contribution in [3.63, 3.8) is 0 Å². The van der Waals surface area contributed by atoms with E-state index in [9.17, 15) is 4.79 Å². The molecule has 5 heteroatoms. The van der Waals surface area contributed by atoms with Gasteiger partial charge in [0.05, 0.1) is 0 Å². The molecule has 0 aromatic carbocycles. The first-order valence-electron chi connectivity index (χ1n) is 5.41. The van der Waals surface area contributed by atoms with Crippen LogP contribution in [0.5, 0.6) is 0 Å². The van der Waals surface area contributed by atoms with E-state index in [1.165, 1.54) is 0 Å². The van der Waals surface area contributed by atoms with E-state index < -0.39 is 5.97 Å². The van der Waals surface area contributed by atoms with Gasteiger partial charge < -0.3 is 15.5 Å². The molecule has 1 aliphatic carbocycles. The van der Waals surface area contributed by atoms with Crippen molar-refractivity contribution in [1.29, 1.82) is 0 Å². The molecular formula is C10H19NO3S. The van der Waals surface area contributed by atoms with Gasteiger partial charge in [-0.1, -0.05) is 0 Å². The van der Waals surface area contributed by atoms with Crippen molar-refractivity contribution in [2.45, 2.75) is 37.8 Å². The third-order valence-corrected chi connectivity index (χ3v) is 3.41. The maximum absolute atomic E-state index is 10.9. The monoisotopic (exact) mass is 233 g/mol. The van der Waals surface area contributed by atoms with Gasteiger partial charge in [-0.2, -0.15) is 11.8 Å². The number of thioether (sulfide) groups is 1. The van der Waals surface area contributed by atoms with Crippen LogP contribution < -0.4 is 5.32 Å². The van der Waals surface area contributed by atoms with E-state index in [4.69, 9.17) is 10.2 Å². The molecule has 0 heterocycles. The number of nitrogens with one attached hydrogen (secondary N) is 1. The van der Waals surface area contributed by atoms with Gasteiger partial charge in [0.1, 0.15) is 6.04 Å². The third-order valence-electron chi connectivity index (χ3n) is 2.31. The highest BCUT2D eigenvalue weighted by Crippen LogP contribution is 2.20. The van der Waals surface area contributed by atoms with Crippen molar-refractivity contribution in [1.82, 2.24) is 5.32 Å². The minimum absolute atomic E-state index is 0.218. The fourth-order valence-corrected chi connectivity index (χ4v) is 2.22. The number of carbonyl (C=O) groups is 1. The van der Waals surface area contributed by atoms with Gasteiger partial charge >= 0.3 is 5.97 Å². The van der Waals surface area contributed by atoms with Crippen molar-refractivity contribution < 1.29 is 15.0 Å². The maximum atomic E-state index is 10.9. The standard InChI is InChI=1S/C10H19NO3S/c12-5-1-6-15-7-4-9(10(13)14)11-8-2-3-8/h8-9,11-12H,1-7H2,(H,13,14). The fraction of sp³-hybridized carbons (Fsp3) is 0.900. The lowest BCUT2D eigenvalue weighted by Gasteiger charge is -2.13. The molecule has 1 aliphatic rings. The van der Waals surface area contributed by atoms with Crippen molar-refractivity contribution >= 4 is 17.7 Å². The normalized spacial score (nSPS) is 17.7. The molecule has 0 aliphatic heterocycles. The van der Waals surface area contributed by atoms with Gasteiger partial charge in [-0.25, -0.2) is 0 Å². The lowest BCUT2D eigenvalue weighted by Crippen LogP contribution is -2.38. The number of aliphatic hydroxyl groups excluding tert-OH is 1. The molecule has 1 atom stereocenters. The highest BCUT2D eigenvalue weighted by Gasteiger charge is 2.27. The van der Waals surface area contributed by atoms with Crippen LogP contribution in [0.15, 0.2) is 0 Å². The highest BCUT2D eigenvalue weighted by molar-refractivity contribution is 7.99. The smallest absolute Gasteiger partial charge is 0.320 e. The maximum Gasteiger partial charge on any atom is 0.320 e. The van der Waals surface area contributed by atoms with Crippen LogP contribution in [0.2, 0.25) is 0 Å². The van der Waals surface area contributed by atoms with Crippen LogP contribution in [-0.4, -0.2) is 46.4 Å². The molecule has 0 aromatic rings. The highest BCUT2D eigenvalue weighted by atomic mass is 32.2. The molecule has 4 nitrogen and oxygen atoms in total. The summed E-state index contributed by atoms with van der Waals surface area (Å²) in [6, 6.07) is 0.0488. The number of aliphatic carboxylic acids is 1. The number of hydrogen-bond donors (Lipinski definition) is 3. The van der Waals surface area contributed by atoms with E-state index in [1.54, 1.807) is 11.8 Å². The van der Waals surface area contributed by atoms with Crippen LogP contribution >= 0.6 is 11.8 Å². The van der Waals surface area contributed by atoms with Crippen LogP contribution in [0.1, 0.15) is 25.7 Å². The van der Waals surface area contributed by atoms with E-state index in [0.717, 1.165) is 30.8 Å². The summed E-state index contributed by atoms with van der Waals surface area (Å²) in [5.74, 6) is 1.01. The zero-order chi connectivity index (χ0) is 11.1. The van der Waals surface area contributed by atoms with Gasteiger partial charge in [0.25, 0.3) is 0 Å². The van der Waals surface area contributed by atoms with E-state index in [0.29, 0.717) is 12.5 Å². The Kier molecular flexibility index (Phi) is 6.05. The number of rotatable bonds is 9. The summed E-state index contributed by atoms with van der Waals surface area (Å²) in [5, 5.41) is 20.6. The molecular weight excluding hydrogens is 214 g/mol. The number of hydrogen-bond acceptors (Lipinski definition) is 4. The summed E-state index contributed by atoms with van der Waals surface area (Å²) < 4.78 is 0. The van der Waals surface area contributed by atoms with Crippen molar-refractivity contribution in [3.05, 3.63) is 0 Å². The lowest BCUT2D eigenvalue weighted by atomic mass is 10.2. The van der Waals surface area contributed by atoms with Crippen LogP contribution in [0.25, 0.3) is 0 Å². The average Bonchev–Trinajstić information content (AvgIpc) is 2.99. The van der Waals surface area contributed by atoms with Crippen LogP contribution in [0, 0.1) is 0 Å². The Balaban J connectivity index is 2.05. The molecule has 0 amide bonds. The molecule has 0 radical (unpaired) electrons. The molecule has 1 fully saturated rings. The second-order valence-electron chi connectivity index (χ2n) is 3.81. The summed E-state index contributed by atoms with van der Waals surface area (Å²) in [4.78, 5) is 10.9. The Bertz CT molecular complexity index is 197.